The van der Waals surface area contributed by atoms with E-state index >= 15 is 0 Å². The number of hydrogen-bond acceptors (Lipinski definition) is 4. The second-order valence-corrected chi connectivity index (χ2v) is 6.63. The van der Waals surface area contributed by atoms with Crippen LogP contribution in [0.5, 0.6) is 0 Å². The molecule has 0 unspecified atom stereocenters. The van der Waals surface area contributed by atoms with E-state index in [0.29, 0.717) is 11.4 Å². The summed E-state index contributed by atoms with van der Waals surface area (Å²) in [5.41, 5.74) is 6.76. The Balaban J connectivity index is 2.45. The van der Waals surface area contributed by atoms with E-state index in [4.69, 9.17) is 17.3 Å². The van der Waals surface area contributed by atoms with Crippen LogP contribution in [0.2, 0.25) is 5.02 Å². The molecule has 0 atom stereocenters. The molecule has 0 aliphatic heterocycles. The topological polar surface area (TPSA) is 72.2 Å². The first kappa shape index (κ1) is 14.6. The minimum Gasteiger partial charge on any atom is -0.396 e. The molecule has 0 fully saturated rings. The molecule has 0 aromatic heterocycles. The molecule has 7 heteroatoms. The summed E-state index contributed by atoms with van der Waals surface area (Å²) < 4.78 is 36.1. The van der Waals surface area contributed by atoms with Crippen LogP contribution in [0.4, 0.5) is 21.5 Å². The van der Waals surface area contributed by atoms with E-state index in [1.54, 1.807) is 12.1 Å². The second kappa shape index (κ2) is 5.30. The van der Waals surface area contributed by atoms with Crippen molar-refractivity contribution in [1.29, 1.82) is 0 Å². The van der Waals surface area contributed by atoms with Crippen LogP contribution in [-0.2, 0) is 9.84 Å². The fourth-order valence-corrected chi connectivity index (χ4v) is 2.76. The van der Waals surface area contributed by atoms with Crippen molar-refractivity contribution in [1.82, 2.24) is 0 Å². The van der Waals surface area contributed by atoms with Crippen LogP contribution in [-0.4, -0.2) is 14.7 Å². The van der Waals surface area contributed by atoms with Crippen molar-refractivity contribution in [2.45, 2.75) is 4.90 Å². The molecule has 0 saturated heterocycles. The van der Waals surface area contributed by atoms with E-state index in [1.807, 2.05) is 0 Å². The number of anilines is 3. The Morgan fingerprint density at radius 2 is 1.90 bits per heavy atom. The fourth-order valence-electron chi connectivity index (χ4n) is 1.71. The maximum absolute atomic E-state index is 13.0. The smallest absolute Gasteiger partial charge is 0.177 e. The number of nitrogens with two attached hydrogens (primary N) is 1. The quantitative estimate of drug-likeness (QED) is 0.853. The van der Waals surface area contributed by atoms with Crippen LogP contribution in [0, 0.1) is 5.82 Å². The van der Waals surface area contributed by atoms with Crippen molar-refractivity contribution in [3.63, 3.8) is 0 Å². The van der Waals surface area contributed by atoms with Crippen LogP contribution in [0.1, 0.15) is 0 Å². The Bertz CT molecular complexity index is 763. The van der Waals surface area contributed by atoms with Gasteiger partial charge in [-0.25, -0.2) is 12.8 Å². The Morgan fingerprint density at radius 1 is 1.20 bits per heavy atom. The molecule has 0 amide bonds. The molecule has 0 aliphatic carbocycles. The largest absolute Gasteiger partial charge is 0.396 e. The van der Waals surface area contributed by atoms with Crippen molar-refractivity contribution >= 4 is 38.5 Å². The van der Waals surface area contributed by atoms with Crippen LogP contribution in [0.25, 0.3) is 0 Å². The Hall–Kier alpha value is -1.79. The van der Waals surface area contributed by atoms with Crippen molar-refractivity contribution in [3.05, 3.63) is 47.2 Å². The predicted molar refractivity (Wildman–Crippen MR) is 78.7 cm³/mol. The second-order valence-electron chi connectivity index (χ2n) is 4.24. The summed E-state index contributed by atoms with van der Waals surface area (Å²) in [5, 5.41) is 3.07. The van der Waals surface area contributed by atoms with Crippen LogP contribution >= 0.6 is 11.6 Å². The Morgan fingerprint density at radius 3 is 2.50 bits per heavy atom. The summed E-state index contributed by atoms with van der Waals surface area (Å²) in [5.74, 6) is -0.460. The molecule has 4 nitrogen and oxygen atoms in total. The molecule has 106 valence electrons. The van der Waals surface area contributed by atoms with E-state index < -0.39 is 15.7 Å². The summed E-state index contributed by atoms with van der Waals surface area (Å²) >= 11 is 5.90. The molecular formula is C13H12ClFN2O2S. The highest BCUT2D eigenvalue weighted by Crippen LogP contribution is 2.32. The number of sulfone groups is 1. The van der Waals surface area contributed by atoms with Gasteiger partial charge in [-0.05, 0) is 30.3 Å². The number of rotatable bonds is 3. The number of halogens is 2. The molecule has 0 bridgehead atoms. The average Bonchev–Trinajstić information content (AvgIpc) is 2.33. The van der Waals surface area contributed by atoms with E-state index in [0.717, 1.165) is 12.3 Å². The van der Waals surface area contributed by atoms with E-state index in [1.165, 1.54) is 18.2 Å². The molecule has 2 aromatic carbocycles. The lowest BCUT2D eigenvalue weighted by atomic mass is 10.2. The molecular weight excluding hydrogens is 303 g/mol. The maximum Gasteiger partial charge on any atom is 0.177 e. The van der Waals surface area contributed by atoms with E-state index in [9.17, 15) is 12.8 Å². The van der Waals surface area contributed by atoms with Gasteiger partial charge in [-0.2, -0.15) is 0 Å². The first-order valence-electron chi connectivity index (χ1n) is 5.59. The Labute approximate surface area is 121 Å². The number of nitrogens with one attached hydrogen (secondary N) is 1. The molecule has 3 N–H and O–H groups in total. The zero-order valence-electron chi connectivity index (χ0n) is 10.5. The van der Waals surface area contributed by atoms with Crippen molar-refractivity contribution in [3.8, 4) is 0 Å². The summed E-state index contributed by atoms with van der Waals surface area (Å²) in [6.45, 7) is 0. The number of para-hydroxylation sites is 1. The zero-order chi connectivity index (χ0) is 14.9. The normalized spacial score (nSPS) is 11.3. The lowest BCUT2D eigenvalue weighted by Crippen LogP contribution is -2.05. The monoisotopic (exact) mass is 314 g/mol. The number of nitrogen functional groups attached to an aromatic ring is 1. The maximum atomic E-state index is 13.0. The molecule has 0 heterocycles. The highest BCUT2D eigenvalue weighted by molar-refractivity contribution is 7.90. The number of benzene rings is 2. The zero-order valence-corrected chi connectivity index (χ0v) is 12.1. The molecule has 20 heavy (non-hydrogen) atoms. The standard InChI is InChI=1S/C13H12ClFN2O2S/c1-20(18,19)12-4-2-3-11(13(12)16)17-10-6-5-8(15)7-9(10)14/h2-7,17H,16H2,1H3. The van der Waals surface area contributed by atoms with Gasteiger partial charge in [0.1, 0.15) is 5.82 Å². The van der Waals surface area contributed by atoms with Gasteiger partial charge in [-0.3, -0.25) is 0 Å². The lowest BCUT2D eigenvalue weighted by molar-refractivity contribution is 0.602. The van der Waals surface area contributed by atoms with Gasteiger partial charge in [-0.15, -0.1) is 0 Å². The number of hydrogen-bond donors (Lipinski definition) is 2. The first-order chi connectivity index (χ1) is 9.29. The van der Waals surface area contributed by atoms with E-state index in [2.05, 4.69) is 5.32 Å². The van der Waals surface area contributed by atoms with Gasteiger partial charge in [0.25, 0.3) is 0 Å². The van der Waals surface area contributed by atoms with E-state index in [-0.39, 0.29) is 15.6 Å². The van der Waals surface area contributed by atoms with Gasteiger partial charge in [0.05, 0.1) is 27.0 Å². The fraction of sp³-hybridized carbons (Fsp3) is 0.0769. The molecule has 2 rings (SSSR count). The highest BCUT2D eigenvalue weighted by atomic mass is 35.5. The van der Waals surface area contributed by atoms with Crippen LogP contribution < -0.4 is 11.1 Å². The summed E-state index contributed by atoms with van der Waals surface area (Å²) in [6.07, 6.45) is 1.08. The SMILES string of the molecule is CS(=O)(=O)c1cccc(Nc2ccc(F)cc2Cl)c1N. The first-order valence-corrected chi connectivity index (χ1v) is 7.86. The molecule has 0 saturated carbocycles. The third kappa shape index (κ3) is 3.02. The predicted octanol–water partition coefficient (Wildman–Crippen LogP) is 3.21. The third-order valence-electron chi connectivity index (χ3n) is 2.67. The summed E-state index contributed by atoms with van der Waals surface area (Å²) in [7, 11) is -3.42. The minimum absolute atomic E-state index is 0.0285. The lowest BCUT2D eigenvalue weighted by Gasteiger charge is -2.13. The Kier molecular flexibility index (Phi) is 3.87. The van der Waals surface area contributed by atoms with Crippen molar-refractivity contribution < 1.29 is 12.8 Å². The molecule has 2 aromatic rings. The van der Waals surface area contributed by atoms with Crippen LogP contribution in [0.15, 0.2) is 41.3 Å². The molecule has 0 spiro atoms. The average molecular weight is 315 g/mol. The summed E-state index contributed by atoms with van der Waals surface area (Å²) in [4.78, 5) is 0.0285. The van der Waals surface area contributed by atoms with Gasteiger partial charge in [0, 0.05) is 6.26 Å². The molecule has 0 aliphatic rings. The summed E-state index contributed by atoms with van der Waals surface area (Å²) in [6, 6.07) is 8.44. The van der Waals surface area contributed by atoms with Gasteiger partial charge < -0.3 is 11.1 Å². The van der Waals surface area contributed by atoms with Crippen molar-refractivity contribution in [2.24, 2.45) is 0 Å². The molecule has 0 radical (unpaired) electrons. The third-order valence-corrected chi connectivity index (χ3v) is 4.13. The van der Waals surface area contributed by atoms with Gasteiger partial charge >= 0.3 is 0 Å². The van der Waals surface area contributed by atoms with Crippen LogP contribution in [0.3, 0.4) is 0 Å². The van der Waals surface area contributed by atoms with Gasteiger partial charge in [0.15, 0.2) is 9.84 Å². The van der Waals surface area contributed by atoms with Gasteiger partial charge in [0.2, 0.25) is 0 Å². The van der Waals surface area contributed by atoms with Crippen molar-refractivity contribution in [2.75, 3.05) is 17.3 Å². The van der Waals surface area contributed by atoms with Gasteiger partial charge in [-0.1, -0.05) is 17.7 Å². The highest BCUT2D eigenvalue weighted by Gasteiger charge is 2.14. The minimum atomic E-state index is -3.42.